The highest BCUT2D eigenvalue weighted by Crippen LogP contribution is 2.31. The predicted molar refractivity (Wildman–Crippen MR) is 61.4 cm³/mol. The molecule has 0 aromatic carbocycles. The monoisotopic (exact) mass is 219 g/mol. The molecule has 0 fully saturated rings. The van der Waals surface area contributed by atoms with Crippen molar-refractivity contribution >= 4 is 5.97 Å². The third-order valence-corrected chi connectivity index (χ3v) is 3.27. The normalized spacial score (nSPS) is 19.9. The summed E-state index contributed by atoms with van der Waals surface area (Å²) >= 11 is 0. The molecule has 0 radical (unpaired) electrons. The number of hydrogen-bond acceptors (Lipinski definition) is 2. The van der Waals surface area contributed by atoms with Gasteiger partial charge in [0.25, 0.3) is 0 Å². The van der Waals surface area contributed by atoms with E-state index in [-0.39, 0.29) is 6.42 Å². The highest BCUT2D eigenvalue weighted by molar-refractivity contribution is 5.66. The van der Waals surface area contributed by atoms with E-state index in [1.165, 1.54) is 18.4 Å². The summed E-state index contributed by atoms with van der Waals surface area (Å²) < 4.78 is 0. The Morgan fingerprint density at radius 1 is 1.50 bits per heavy atom. The standard InChI is InChI=1S/C13H17NO2/c15-12(16)8-7-11-5-2-1-4-10-6-3-9-14-13(10)11/h3,6,9,11H,1-2,4-5,7-8H2,(H,15,16)/t11-/m0/s1. The third-order valence-electron chi connectivity index (χ3n) is 3.27. The second kappa shape index (κ2) is 5.10. The minimum atomic E-state index is -0.707. The van der Waals surface area contributed by atoms with Gasteiger partial charge >= 0.3 is 5.97 Å². The Kier molecular flexibility index (Phi) is 3.54. The van der Waals surface area contributed by atoms with E-state index in [0.29, 0.717) is 5.92 Å². The Bertz CT molecular complexity index is 376. The van der Waals surface area contributed by atoms with E-state index in [1.54, 1.807) is 0 Å². The summed E-state index contributed by atoms with van der Waals surface area (Å²) in [6, 6.07) is 4.10. The molecular weight excluding hydrogens is 202 g/mol. The average molecular weight is 219 g/mol. The molecule has 1 N–H and O–H groups in total. The van der Waals surface area contributed by atoms with Gasteiger partial charge in [0.15, 0.2) is 0 Å². The average Bonchev–Trinajstić information content (AvgIpc) is 2.48. The van der Waals surface area contributed by atoms with Crippen LogP contribution in [-0.4, -0.2) is 16.1 Å². The van der Waals surface area contributed by atoms with Crippen molar-refractivity contribution in [3.05, 3.63) is 29.6 Å². The van der Waals surface area contributed by atoms with Crippen LogP contribution in [0.2, 0.25) is 0 Å². The van der Waals surface area contributed by atoms with Gasteiger partial charge in [-0.25, -0.2) is 0 Å². The molecule has 0 bridgehead atoms. The maximum absolute atomic E-state index is 10.6. The van der Waals surface area contributed by atoms with Crippen LogP contribution in [0.4, 0.5) is 0 Å². The Morgan fingerprint density at radius 3 is 3.19 bits per heavy atom. The first-order chi connectivity index (χ1) is 7.77. The van der Waals surface area contributed by atoms with E-state index >= 15 is 0 Å². The number of aromatic nitrogens is 1. The summed E-state index contributed by atoms with van der Waals surface area (Å²) in [5.41, 5.74) is 2.46. The Morgan fingerprint density at radius 2 is 2.38 bits per heavy atom. The number of carbonyl (C=O) groups is 1. The number of nitrogens with zero attached hydrogens (tertiary/aromatic N) is 1. The maximum Gasteiger partial charge on any atom is 0.303 e. The highest BCUT2D eigenvalue weighted by Gasteiger charge is 2.20. The van der Waals surface area contributed by atoms with Gasteiger partial charge in [-0.1, -0.05) is 12.5 Å². The fourth-order valence-corrected chi connectivity index (χ4v) is 2.45. The number of aryl methyl sites for hydroxylation is 1. The molecule has 2 rings (SSSR count). The molecule has 1 aromatic heterocycles. The lowest BCUT2D eigenvalue weighted by molar-refractivity contribution is -0.137. The van der Waals surface area contributed by atoms with E-state index in [1.807, 2.05) is 12.3 Å². The largest absolute Gasteiger partial charge is 0.481 e. The fourth-order valence-electron chi connectivity index (χ4n) is 2.45. The lowest BCUT2D eigenvalue weighted by atomic mass is 9.93. The van der Waals surface area contributed by atoms with Crippen LogP contribution in [0.5, 0.6) is 0 Å². The molecule has 16 heavy (non-hydrogen) atoms. The zero-order valence-electron chi connectivity index (χ0n) is 9.35. The Hall–Kier alpha value is -1.38. The maximum atomic E-state index is 10.6. The zero-order chi connectivity index (χ0) is 11.4. The fraction of sp³-hybridized carbons (Fsp3) is 0.538. The lowest BCUT2D eigenvalue weighted by Crippen LogP contribution is -2.06. The van der Waals surface area contributed by atoms with Crippen molar-refractivity contribution in [1.29, 1.82) is 0 Å². The number of fused-ring (bicyclic) bond motifs is 1. The lowest BCUT2D eigenvalue weighted by Gasteiger charge is -2.14. The summed E-state index contributed by atoms with van der Waals surface area (Å²) in [5.74, 6) is -0.364. The van der Waals surface area contributed by atoms with Crippen molar-refractivity contribution in [2.24, 2.45) is 0 Å². The van der Waals surface area contributed by atoms with Crippen molar-refractivity contribution in [2.75, 3.05) is 0 Å². The molecule has 1 atom stereocenters. The molecule has 0 amide bonds. The topological polar surface area (TPSA) is 50.2 Å². The zero-order valence-corrected chi connectivity index (χ0v) is 9.35. The van der Waals surface area contributed by atoms with Gasteiger partial charge in [-0.15, -0.1) is 0 Å². The minimum absolute atomic E-state index is 0.251. The summed E-state index contributed by atoms with van der Waals surface area (Å²) in [5, 5.41) is 8.74. The first-order valence-electron chi connectivity index (χ1n) is 5.93. The van der Waals surface area contributed by atoms with Crippen molar-refractivity contribution in [1.82, 2.24) is 4.98 Å². The summed E-state index contributed by atoms with van der Waals surface area (Å²) in [6.45, 7) is 0. The van der Waals surface area contributed by atoms with Crippen LogP contribution >= 0.6 is 0 Å². The van der Waals surface area contributed by atoms with Gasteiger partial charge in [-0.05, 0) is 37.3 Å². The van der Waals surface area contributed by atoms with Gasteiger partial charge in [0, 0.05) is 24.2 Å². The highest BCUT2D eigenvalue weighted by atomic mass is 16.4. The summed E-state index contributed by atoms with van der Waals surface area (Å²) in [7, 11) is 0. The van der Waals surface area contributed by atoms with Crippen molar-refractivity contribution in [3.8, 4) is 0 Å². The van der Waals surface area contributed by atoms with E-state index in [0.717, 1.165) is 25.0 Å². The molecule has 0 unspecified atom stereocenters. The number of carboxylic acid groups (broad SMARTS) is 1. The van der Waals surface area contributed by atoms with Crippen molar-refractivity contribution in [2.45, 2.75) is 44.4 Å². The summed E-state index contributed by atoms with van der Waals surface area (Å²) in [6.07, 6.45) is 7.34. The quantitative estimate of drug-likeness (QED) is 0.795. The molecule has 1 aromatic rings. The van der Waals surface area contributed by atoms with Gasteiger partial charge in [-0.3, -0.25) is 9.78 Å². The predicted octanol–water partition coefficient (Wildman–Crippen LogP) is 2.76. The van der Waals surface area contributed by atoms with Crippen LogP contribution < -0.4 is 0 Å². The molecule has 3 heteroatoms. The van der Waals surface area contributed by atoms with E-state index in [2.05, 4.69) is 11.1 Å². The van der Waals surface area contributed by atoms with Crippen LogP contribution in [0.25, 0.3) is 0 Å². The molecule has 0 saturated carbocycles. The molecule has 3 nitrogen and oxygen atoms in total. The SMILES string of the molecule is O=C(O)CC[C@@H]1CCCCc2cccnc21. The van der Waals surface area contributed by atoms with Crippen LogP contribution in [-0.2, 0) is 11.2 Å². The number of rotatable bonds is 3. The molecule has 0 aliphatic heterocycles. The van der Waals surface area contributed by atoms with Crippen molar-refractivity contribution < 1.29 is 9.90 Å². The first kappa shape index (κ1) is 11.1. The Labute approximate surface area is 95.5 Å². The number of hydrogen-bond donors (Lipinski definition) is 1. The van der Waals surface area contributed by atoms with E-state index in [9.17, 15) is 4.79 Å². The van der Waals surface area contributed by atoms with Crippen LogP contribution in [0.3, 0.4) is 0 Å². The number of carboxylic acids is 1. The molecule has 1 aliphatic rings. The molecule has 0 spiro atoms. The van der Waals surface area contributed by atoms with Gasteiger partial charge in [0.05, 0.1) is 0 Å². The summed E-state index contributed by atoms with van der Waals surface area (Å²) in [4.78, 5) is 15.1. The molecular formula is C13H17NO2. The molecule has 86 valence electrons. The van der Waals surface area contributed by atoms with Gasteiger partial charge in [0.2, 0.25) is 0 Å². The first-order valence-corrected chi connectivity index (χ1v) is 5.93. The molecule has 1 aliphatic carbocycles. The van der Waals surface area contributed by atoms with E-state index < -0.39 is 5.97 Å². The number of pyridine rings is 1. The molecule has 1 heterocycles. The van der Waals surface area contributed by atoms with Gasteiger partial charge in [0.1, 0.15) is 0 Å². The minimum Gasteiger partial charge on any atom is -0.481 e. The van der Waals surface area contributed by atoms with Crippen LogP contribution in [0.15, 0.2) is 18.3 Å². The molecule has 0 saturated heterocycles. The van der Waals surface area contributed by atoms with Crippen molar-refractivity contribution in [3.63, 3.8) is 0 Å². The second-order valence-corrected chi connectivity index (χ2v) is 4.42. The van der Waals surface area contributed by atoms with E-state index in [4.69, 9.17) is 5.11 Å². The smallest absolute Gasteiger partial charge is 0.303 e. The number of aliphatic carboxylic acids is 1. The van der Waals surface area contributed by atoms with Crippen LogP contribution in [0, 0.1) is 0 Å². The second-order valence-electron chi connectivity index (χ2n) is 4.42. The van der Waals surface area contributed by atoms with Gasteiger partial charge in [-0.2, -0.15) is 0 Å². The third kappa shape index (κ3) is 2.60. The van der Waals surface area contributed by atoms with Gasteiger partial charge < -0.3 is 5.11 Å². The Balaban J connectivity index is 2.15. The van der Waals surface area contributed by atoms with Crippen LogP contribution in [0.1, 0.15) is 49.3 Å².